The minimum Gasteiger partial charge on any atom is -0.493 e. The van der Waals surface area contributed by atoms with E-state index in [-0.39, 0.29) is 10.6 Å². The van der Waals surface area contributed by atoms with Gasteiger partial charge in [-0.25, -0.2) is 0 Å². The molecule has 2 aromatic carbocycles. The summed E-state index contributed by atoms with van der Waals surface area (Å²) < 4.78 is 5.58. The SMILES string of the molecule is NCc1ccc(OCCc2ccccc2[N+](=O)[O-])cc1. The van der Waals surface area contributed by atoms with Crippen molar-refractivity contribution >= 4 is 5.69 Å². The fraction of sp³-hybridized carbons (Fsp3) is 0.200. The highest BCUT2D eigenvalue weighted by Gasteiger charge is 2.11. The topological polar surface area (TPSA) is 78.4 Å². The number of nitrogens with two attached hydrogens (primary N) is 1. The lowest BCUT2D eigenvalue weighted by Crippen LogP contribution is -2.04. The Balaban J connectivity index is 1.94. The van der Waals surface area contributed by atoms with E-state index in [1.165, 1.54) is 6.07 Å². The molecule has 5 heteroatoms. The summed E-state index contributed by atoms with van der Waals surface area (Å²) in [6.07, 6.45) is 0.496. The lowest BCUT2D eigenvalue weighted by atomic mass is 10.1. The van der Waals surface area contributed by atoms with E-state index < -0.39 is 0 Å². The largest absolute Gasteiger partial charge is 0.493 e. The maximum atomic E-state index is 10.9. The first-order valence-corrected chi connectivity index (χ1v) is 6.35. The average molecular weight is 272 g/mol. The second-order valence-corrected chi connectivity index (χ2v) is 4.33. The van der Waals surface area contributed by atoms with Crippen LogP contribution in [0.4, 0.5) is 5.69 Å². The highest BCUT2D eigenvalue weighted by molar-refractivity contribution is 5.39. The van der Waals surface area contributed by atoms with Crippen LogP contribution >= 0.6 is 0 Å². The number of hydrogen-bond donors (Lipinski definition) is 1. The van der Waals surface area contributed by atoms with Gasteiger partial charge in [0, 0.05) is 24.6 Å². The van der Waals surface area contributed by atoms with Crippen molar-refractivity contribution in [1.82, 2.24) is 0 Å². The first-order valence-electron chi connectivity index (χ1n) is 6.35. The molecule has 0 radical (unpaired) electrons. The summed E-state index contributed by atoms with van der Waals surface area (Å²) >= 11 is 0. The van der Waals surface area contributed by atoms with Crippen LogP contribution in [0.3, 0.4) is 0 Å². The summed E-state index contributed by atoms with van der Waals surface area (Å²) in [6.45, 7) is 0.892. The Bertz CT molecular complexity index is 582. The summed E-state index contributed by atoms with van der Waals surface area (Å²) in [5.41, 5.74) is 7.37. The number of hydrogen-bond acceptors (Lipinski definition) is 4. The number of para-hydroxylation sites is 1. The number of nitro benzene ring substituents is 1. The zero-order chi connectivity index (χ0) is 14.4. The van der Waals surface area contributed by atoms with E-state index in [0.717, 1.165) is 11.3 Å². The molecule has 0 bridgehead atoms. The van der Waals surface area contributed by atoms with Gasteiger partial charge in [-0.05, 0) is 17.7 Å². The van der Waals surface area contributed by atoms with Crippen molar-refractivity contribution in [1.29, 1.82) is 0 Å². The molecule has 0 unspecified atom stereocenters. The molecule has 0 aromatic heterocycles. The van der Waals surface area contributed by atoms with Crippen molar-refractivity contribution < 1.29 is 9.66 Å². The van der Waals surface area contributed by atoms with E-state index in [2.05, 4.69) is 0 Å². The van der Waals surface area contributed by atoms with Crippen molar-refractivity contribution in [2.24, 2.45) is 5.73 Å². The first-order chi connectivity index (χ1) is 9.70. The molecule has 2 N–H and O–H groups in total. The number of ether oxygens (including phenoxy) is 1. The molecule has 5 nitrogen and oxygen atoms in total. The molecule has 0 saturated heterocycles. The van der Waals surface area contributed by atoms with E-state index >= 15 is 0 Å². The Hall–Kier alpha value is -2.40. The van der Waals surface area contributed by atoms with Gasteiger partial charge in [0.25, 0.3) is 5.69 Å². The maximum absolute atomic E-state index is 10.9. The first kappa shape index (κ1) is 14.0. The molecule has 104 valence electrons. The predicted molar refractivity (Wildman–Crippen MR) is 76.6 cm³/mol. The Morgan fingerprint density at radius 2 is 1.80 bits per heavy atom. The predicted octanol–water partition coefficient (Wildman–Crippen LogP) is 2.68. The third-order valence-corrected chi connectivity index (χ3v) is 2.99. The monoisotopic (exact) mass is 272 g/mol. The fourth-order valence-corrected chi connectivity index (χ4v) is 1.90. The molecule has 2 aromatic rings. The summed E-state index contributed by atoms with van der Waals surface area (Å²) in [4.78, 5) is 10.5. The van der Waals surface area contributed by atoms with Crippen molar-refractivity contribution in [3.8, 4) is 5.75 Å². The normalized spacial score (nSPS) is 10.2. The van der Waals surface area contributed by atoms with Gasteiger partial charge in [-0.3, -0.25) is 10.1 Å². The van der Waals surface area contributed by atoms with Crippen LogP contribution in [0.2, 0.25) is 0 Å². The Morgan fingerprint density at radius 3 is 2.45 bits per heavy atom. The highest BCUT2D eigenvalue weighted by atomic mass is 16.6. The Kier molecular flexibility index (Phi) is 4.68. The summed E-state index contributed by atoms with van der Waals surface area (Å²) in [5, 5.41) is 10.9. The van der Waals surface area contributed by atoms with Gasteiger partial charge in [0.1, 0.15) is 5.75 Å². The number of nitro groups is 1. The second kappa shape index (κ2) is 6.68. The molecule has 0 spiro atoms. The van der Waals surface area contributed by atoms with Crippen molar-refractivity contribution in [2.75, 3.05) is 6.61 Å². The van der Waals surface area contributed by atoms with Crippen LogP contribution in [-0.2, 0) is 13.0 Å². The van der Waals surface area contributed by atoms with Crippen LogP contribution in [0.1, 0.15) is 11.1 Å². The van der Waals surface area contributed by atoms with Gasteiger partial charge in [-0.2, -0.15) is 0 Å². The molecule has 0 aliphatic rings. The molecular weight excluding hydrogens is 256 g/mol. The molecule has 0 amide bonds. The van der Waals surface area contributed by atoms with Crippen molar-refractivity contribution in [2.45, 2.75) is 13.0 Å². The van der Waals surface area contributed by atoms with Gasteiger partial charge in [-0.15, -0.1) is 0 Å². The van der Waals surface area contributed by atoms with Gasteiger partial charge in [-0.1, -0.05) is 30.3 Å². The van der Waals surface area contributed by atoms with Crippen LogP contribution in [0.25, 0.3) is 0 Å². The van der Waals surface area contributed by atoms with E-state index in [4.69, 9.17) is 10.5 Å². The zero-order valence-electron chi connectivity index (χ0n) is 11.0. The standard InChI is InChI=1S/C15H16N2O3/c16-11-12-5-7-14(8-6-12)20-10-9-13-3-1-2-4-15(13)17(18)19/h1-8H,9-11,16H2. The molecule has 0 aliphatic carbocycles. The minimum atomic E-state index is -0.370. The van der Waals surface area contributed by atoms with E-state index in [0.29, 0.717) is 25.1 Å². The van der Waals surface area contributed by atoms with Crippen molar-refractivity contribution in [3.05, 3.63) is 69.8 Å². The van der Waals surface area contributed by atoms with E-state index in [1.54, 1.807) is 18.2 Å². The fourth-order valence-electron chi connectivity index (χ4n) is 1.90. The molecule has 0 atom stereocenters. The lowest BCUT2D eigenvalue weighted by Gasteiger charge is -2.07. The van der Waals surface area contributed by atoms with Crippen LogP contribution in [0, 0.1) is 10.1 Å². The lowest BCUT2D eigenvalue weighted by molar-refractivity contribution is -0.385. The minimum absolute atomic E-state index is 0.134. The molecule has 0 fully saturated rings. The smallest absolute Gasteiger partial charge is 0.272 e. The Morgan fingerprint density at radius 1 is 1.10 bits per heavy atom. The number of benzene rings is 2. The van der Waals surface area contributed by atoms with Gasteiger partial charge in [0.05, 0.1) is 11.5 Å². The zero-order valence-corrected chi connectivity index (χ0v) is 11.0. The van der Waals surface area contributed by atoms with E-state index in [9.17, 15) is 10.1 Å². The van der Waals surface area contributed by atoms with Crippen LogP contribution in [-0.4, -0.2) is 11.5 Å². The van der Waals surface area contributed by atoms with Gasteiger partial charge in [0.15, 0.2) is 0 Å². The van der Waals surface area contributed by atoms with Crippen molar-refractivity contribution in [3.63, 3.8) is 0 Å². The molecule has 0 saturated carbocycles. The summed E-state index contributed by atoms with van der Waals surface area (Å²) in [6, 6.07) is 14.2. The van der Waals surface area contributed by atoms with Gasteiger partial charge >= 0.3 is 0 Å². The molecule has 2 rings (SSSR count). The van der Waals surface area contributed by atoms with E-state index in [1.807, 2.05) is 24.3 Å². The molecule has 0 aliphatic heterocycles. The summed E-state index contributed by atoms with van der Waals surface area (Å²) in [7, 11) is 0. The third kappa shape index (κ3) is 3.55. The van der Waals surface area contributed by atoms with Crippen LogP contribution in [0.5, 0.6) is 5.75 Å². The highest BCUT2D eigenvalue weighted by Crippen LogP contribution is 2.19. The average Bonchev–Trinajstić information content (AvgIpc) is 2.48. The second-order valence-electron chi connectivity index (χ2n) is 4.33. The Labute approximate surface area is 117 Å². The summed E-state index contributed by atoms with van der Waals surface area (Å²) in [5.74, 6) is 0.737. The molecule has 0 heterocycles. The van der Waals surface area contributed by atoms with Gasteiger partial charge < -0.3 is 10.5 Å². The van der Waals surface area contributed by atoms with Crippen LogP contribution in [0.15, 0.2) is 48.5 Å². The number of nitrogens with zero attached hydrogens (tertiary/aromatic N) is 1. The maximum Gasteiger partial charge on any atom is 0.272 e. The van der Waals surface area contributed by atoms with Gasteiger partial charge in [0.2, 0.25) is 0 Å². The molecule has 20 heavy (non-hydrogen) atoms. The van der Waals surface area contributed by atoms with Crippen LogP contribution < -0.4 is 10.5 Å². The molecular formula is C15H16N2O3. The third-order valence-electron chi connectivity index (χ3n) is 2.99. The quantitative estimate of drug-likeness (QED) is 0.647. The number of rotatable bonds is 6.